The van der Waals surface area contributed by atoms with Crippen LogP contribution in [0.4, 0.5) is 0 Å². The van der Waals surface area contributed by atoms with Gasteiger partial charge >= 0.3 is 0 Å². The van der Waals surface area contributed by atoms with Crippen molar-refractivity contribution in [3.05, 3.63) is 45.6 Å². The van der Waals surface area contributed by atoms with Gasteiger partial charge in [-0.1, -0.05) is 23.7 Å². The third-order valence-electron chi connectivity index (χ3n) is 2.75. The van der Waals surface area contributed by atoms with Crippen molar-refractivity contribution in [2.75, 3.05) is 7.05 Å². The van der Waals surface area contributed by atoms with Gasteiger partial charge in [0.05, 0.1) is 0 Å². The molecule has 1 N–H and O–H groups in total. The molecule has 1 aromatic heterocycles. The zero-order valence-corrected chi connectivity index (χ0v) is 10.9. The molecule has 0 fully saturated rings. The predicted molar refractivity (Wildman–Crippen MR) is 72.2 cm³/mol. The molecule has 1 aromatic carbocycles. The fourth-order valence-electron chi connectivity index (χ4n) is 1.64. The van der Waals surface area contributed by atoms with Crippen LogP contribution in [-0.4, -0.2) is 7.05 Å². The summed E-state index contributed by atoms with van der Waals surface area (Å²) in [7, 11) is 1.94. The minimum absolute atomic E-state index is 0.282. The van der Waals surface area contributed by atoms with Gasteiger partial charge in [0, 0.05) is 11.1 Å². The highest BCUT2D eigenvalue weighted by Crippen LogP contribution is 2.29. The fourth-order valence-corrected chi connectivity index (χ4v) is 2.65. The Morgan fingerprint density at radius 3 is 2.62 bits per heavy atom. The summed E-state index contributed by atoms with van der Waals surface area (Å²) >= 11 is 7.98. The molecule has 0 spiro atoms. The first-order chi connectivity index (χ1) is 7.72. The third-order valence-corrected chi connectivity index (χ3v) is 3.77. The van der Waals surface area contributed by atoms with Gasteiger partial charge < -0.3 is 5.32 Å². The second-order valence-electron chi connectivity index (χ2n) is 3.76. The number of hydrogen-bond acceptors (Lipinski definition) is 2. The van der Waals surface area contributed by atoms with Crippen molar-refractivity contribution in [1.82, 2.24) is 5.32 Å². The molecule has 0 aliphatic heterocycles. The molecule has 1 heterocycles. The molecule has 84 valence electrons. The molecule has 0 saturated carbocycles. The second-order valence-corrected chi connectivity index (χ2v) is 4.95. The number of halogens is 1. The van der Waals surface area contributed by atoms with Crippen molar-refractivity contribution >= 4 is 22.9 Å². The highest BCUT2D eigenvalue weighted by Gasteiger charge is 2.08. The van der Waals surface area contributed by atoms with Crippen LogP contribution in [-0.2, 0) is 0 Å². The summed E-state index contributed by atoms with van der Waals surface area (Å²) < 4.78 is 0. The normalized spacial score (nSPS) is 12.7. The van der Waals surface area contributed by atoms with Gasteiger partial charge in [-0.05, 0) is 53.6 Å². The molecule has 3 heteroatoms. The predicted octanol–water partition coefficient (Wildman–Crippen LogP) is 4.35. The molecular weight excluding hydrogens is 238 g/mol. The van der Waals surface area contributed by atoms with Gasteiger partial charge in [-0.15, -0.1) is 0 Å². The maximum Gasteiger partial charge on any atom is 0.0459 e. The molecule has 0 radical (unpaired) electrons. The molecule has 1 unspecified atom stereocenters. The lowest BCUT2D eigenvalue weighted by Crippen LogP contribution is -2.12. The summed E-state index contributed by atoms with van der Waals surface area (Å²) in [5.74, 6) is 0. The topological polar surface area (TPSA) is 12.0 Å². The monoisotopic (exact) mass is 251 g/mol. The Morgan fingerprint density at radius 2 is 2.06 bits per heavy atom. The van der Waals surface area contributed by atoms with E-state index in [0.29, 0.717) is 0 Å². The molecule has 0 aliphatic rings. The summed E-state index contributed by atoms with van der Waals surface area (Å²) in [6, 6.07) is 8.64. The first-order valence-electron chi connectivity index (χ1n) is 5.21. The van der Waals surface area contributed by atoms with Gasteiger partial charge in [0.15, 0.2) is 0 Å². The summed E-state index contributed by atoms with van der Waals surface area (Å²) in [6.45, 7) is 2.10. The van der Waals surface area contributed by atoms with Crippen molar-refractivity contribution < 1.29 is 0 Å². The average molecular weight is 252 g/mol. The zero-order valence-electron chi connectivity index (χ0n) is 9.33. The van der Waals surface area contributed by atoms with Gasteiger partial charge in [-0.25, -0.2) is 0 Å². The lowest BCUT2D eigenvalue weighted by Gasteiger charge is -2.13. The Hall–Kier alpha value is -0.830. The Morgan fingerprint density at radius 1 is 1.25 bits per heavy atom. The summed E-state index contributed by atoms with van der Waals surface area (Å²) in [6.07, 6.45) is 0. The number of hydrogen-bond donors (Lipinski definition) is 1. The number of benzene rings is 1. The Balaban J connectivity index is 2.37. The highest BCUT2D eigenvalue weighted by molar-refractivity contribution is 7.08. The molecule has 2 aromatic rings. The standard InChI is InChI=1S/C13H14ClNS/c1-9(15-2)12-4-3-10(7-13(12)14)11-5-6-16-8-11/h3-9,15H,1-2H3. The van der Waals surface area contributed by atoms with E-state index in [9.17, 15) is 0 Å². The van der Waals surface area contributed by atoms with Crippen LogP contribution in [0.3, 0.4) is 0 Å². The van der Waals surface area contributed by atoms with Gasteiger partial charge in [-0.2, -0.15) is 11.3 Å². The van der Waals surface area contributed by atoms with Crippen molar-refractivity contribution in [2.45, 2.75) is 13.0 Å². The number of nitrogens with one attached hydrogen (secondary N) is 1. The number of rotatable bonds is 3. The molecule has 1 nitrogen and oxygen atoms in total. The van der Waals surface area contributed by atoms with Crippen LogP contribution in [0.25, 0.3) is 11.1 Å². The summed E-state index contributed by atoms with van der Waals surface area (Å²) in [5.41, 5.74) is 3.55. The van der Waals surface area contributed by atoms with Crippen molar-refractivity contribution in [2.24, 2.45) is 0 Å². The van der Waals surface area contributed by atoms with Crippen molar-refractivity contribution in [1.29, 1.82) is 0 Å². The van der Waals surface area contributed by atoms with E-state index in [1.807, 2.05) is 13.1 Å². The first kappa shape index (κ1) is 11.6. The summed E-state index contributed by atoms with van der Waals surface area (Å²) in [4.78, 5) is 0. The molecule has 16 heavy (non-hydrogen) atoms. The molecule has 0 aliphatic carbocycles. The molecule has 0 amide bonds. The second kappa shape index (κ2) is 5.00. The van der Waals surface area contributed by atoms with E-state index in [2.05, 4.69) is 41.2 Å². The molecule has 0 saturated heterocycles. The molecule has 1 atom stereocenters. The Labute approximate surface area is 105 Å². The lowest BCUT2D eigenvalue weighted by atomic mass is 10.0. The maximum absolute atomic E-state index is 6.28. The quantitative estimate of drug-likeness (QED) is 0.855. The highest BCUT2D eigenvalue weighted by atomic mass is 35.5. The maximum atomic E-state index is 6.28. The van der Waals surface area contributed by atoms with Gasteiger partial charge in [0.2, 0.25) is 0 Å². The first-order valence-corrected chi connectivity index (χ1v) is 6.53. The Bertz CT molecular complexity index is 465. The minimum atomic E-state index is 0.282. The van der Waals surface area contributed by atoms with E-state index in [-0.39, 0.29) is 6.04 Å². The van der Waals surface area contributed by atoms with E-state index < -0.39 is 0 Å². The fraction of sp³-hybridized carbons (Fsp3) is 0.231. The zero-order chi connectivity index (χ0) is 11.5. The molecule has 2 rings (SSSR count). The van der Waals surface area contributed by atoms with Crippen LogP contribution in [0.2, 0.25) is 5.02 Å². The summed E-state index contributed by atoms with van der Waals surface area (Å²) in [5, 5.41) is 8.23. The van der Waals surface area contributed by atoms with Gasteiger partial charge in [0.25, 0.3) is 0 Å². The number of thiophene rings is 1. The van der Waals surface area contributed by atoms with E-state index in [0.717, 1.165) is 10.6 Å². The molecular formula is C13H14ClNS. The van der Waals surface area contributed by atoms with Crippen molar-refractivity contribution in [3.8, 4) is 11.1 Å². The van der Waals surface area contributed by atoms with Crippen molar-refractivity contribution in [3.63, 3.8) is 0 Å². The van der Waals surface area contributed by atoms with Crippen LogP contribution in [0, 0.1) is 0 Å². The van der Waals surface area contributed by atoms with Crippen LogP contribution in [0.15, 0.2) is 35.0 Å². The van der Waals surface area contributed by atoms with Gasteiger partial charge in [0.1, 0.15) is 0 Å². The molecule has 0 bridgehead atoms. The van der Waals surface area contributed by atoms with Crippen LogP contribution in [0.5, 0.6) is 0 Å². The van der Waals surface area contributed by atoms with E-state index in [1.165, 1.54) is 11.1 Å². The van der Waals surface area contributed by atoms with Crippen LogP contribution >= 0.6 is 22.9 Å². The van der Waals surface area contributed by atoms with E-state index in [1.54, 1.807) is 11.3 Å². The van der Waals surface area contributed by atoms with Gasteiger partial charge in [-0.3, -0.25) is 0 Å². The smallest absolute Gasteiger partial charge is 0.0459 e. The van der Waals surface area contributed by atoms with Crippen LogP contribution < -0.4 is 5.32 Å². The largest absolute Gasteiger partial charge is 0.313 e. The Kier molecular flexibility index (Phi) is 3.64. The average Bonchev–Trinajstić information content (AvgIpc) is 2.81. The SMILES string of the molecule is CNC(C)c1ccc(-c2ccsc2)cc1Cl. The van der Waals surface area contributed by atoms with E-state index in [4.69, 9.17) is 11.6 Å². The van der Waals surface area contributed by atoms with Crippen LogP contribution in [0.1, 0.15) is 18.5 Å². The minimum Gasteiger partial charge on any atom is -0.313 e. The van der Waals surface area contributed by atoms with E-state index >= 15 is 0 Å². The third kappa shape index (κ3) is 2.29. The lowest BCUT2D eigenvalue weighted by molar-refractivity contribution is 0.652.